The second-order valence-electron chi connectivity index (χ2n) is 4.51. The molecule has 4 nitrogen and oxygen atoms in total. The molecule has 20 heavy (non-hydrogen) atoms. The Kier molecular flexibility index (Phi) is 2.39. The van der Waals surface area contributed by atoms with Crippen molar-refractivity contribution in [3.63, 3.8) is 0 Å². The van der Waals surface area contributed by atoms with Gasteiger partial charge in [-0.2, -0.15) is 0 Å². The molecule has 0 aliphatic rings. The Bertz CT molecular complexity index is 884. The number of rotatable bonds is 2. The summed E-state index contributed by atoms with van der Waals surface area (Å²) in [6, 6.07) is 13.8. The van der Waals surface area contributed by atoms with Crippen LogP contribution in [-0.2, 0) is 0 Å². The predicted octanol–water partition coefficient (Wildman–Crippen LogP) is 4.12. The van der Waals surface area contributed by atoms with Gasteiger partial charge in [-0.05, 0) is 24.3 Å². The van der Waals surface area contributed by atoms with Crippen molar-refractivity contribution >= 4 is 33.4 Å². The first kappa shape index (κ1) is 11.0. The minimum absolute atomic E-state index is 0.674. The molecule has 3 aromatic heterocycles. The number of aromatic nitrogens is 2. The SMILES string of the molecule is c1ccc(Nc2ccnc3ncc4ccoc4c23)cc1. The van der Waals surface area contributed by atoms with E-state index in [0.29, 0.717) is 5.65 Å². The highest BCUT2D eigenvalue weighted by molar-refractivity contribution is 6.08. The van der Waals surface area contributed by atoms with Gasteiger partial charge in [0.1, 0.15) is 5.58 Å². The van der Waals surface area contributed by atoms with Crippen LogP contribution in [0.1, 0.15) is 0 Å². The number of benzene rings is 1. The Labute approximate surface area is 115 Å². The summed E-state index contributed by atoms with van der Waals surface area (Å²) in [5.74, 6) is 0. The number of anilines is 2. The number of fused-ring (bicyclic) bond motifs is 3. The van der Waals surface area contributed by atoms with Gasteiger partial charge in [-0.3, -0.25) is 0 Å². The van der Waals surface area contributed by atoms with Crippen LogP contribution in [0, 0.1) is 0 Å². The van der Waals surface area contributed by atoms with E-state index in [1.165, 1.54) is 0 Å². The van der Waals surface area contributed by atoms with Gasteiger partial charge in [0.2, 0.25) is 0 Å². The molecule has 96 valence electrons. The number of nitrogens with one attached hydrogen (secondary N) is 1. The largest absolute Gasteiger partial charge is 0.463 e. The van der Waals surface area contributed by atoms with E-state index in [1.807, 2.05) is 42.5 Å². The molecule has 4 aromatic rings. The molecule has 0 aliphatic heterocycles. The van der Waals surface area contributed by atoms with Gasteiger partial charge in [-0.15, -0.1) is 0 Å². The third kappa shape index (κ3) is 1.70. The fourth-order valence-electron chi connectivity index (χ4n) is 2.31. The summed E-state index contributed by atoms with van der Waals surface area (Å²) in [5, 5.41) is 5.26. The Balaban J connectivity index is 1.96. The summed E-state index contributed by atoms with van der Waals surface area (Å²) in [7, 11) is 0. The maximum Gasteiger partial charge on any atom is 0.165 e. The highest BCUT2D eigenvalue weighted by Crippen LogP contribution is 2.31. The first-order valence-corrected chi connectivity index (χ1v) is 6.35. The van der Waals surface area contributed by atoms with E-state index in [2.05, 4.69) is 15.3 Å². The third-order valence-electron chi connectivity index (χ3n) is 3.23. The fourth-order valence-corrected chi connectivity index (χ4v) is 2.31. The smallest absolute Gasteiger partial charge is 0.165 e. The first-order valence-electron chi connectivity index (χ1n) is 6.35. The van der Waals surface area contributed by atoms with Gasteiger partial charge in [-0.1, -0.05) is 18.2 Å². The van der Waals surface area contributed by atoms with Crippen molar-refractivity contribution < 1.29 is 4.42 Å². The Hall–Kier alpha value is -2.88. The van der Waals surface area contributed by atoms with E-state index >= 15 is 0 Å². The minimum Gasteiger partial charge on any atom is -0.463 e. The van der Waals surface area contributed by atoms with Crippen LogP contribution >= 0.6 is 0 Å². The highest BCUT2D eigenvalue weighted by Gasteiger charge is 2.10. The average Bonchev–Trinajstić information content (AvgIpc) is 2.97. The van der Waals surface area contributed by atoms with Crippen LogP contribution in [0.15, 0.2) is 65.5 Å². The number of hydrogen-bond acceptors (Lipinski definition) is 4. The van der Waals surface area contributed by atoms with Crippen LogP contribution in [0.3, 0.4) is 0 Å². The molecule has 4 rings (SSSR count). The van der Waals surface area contributed by atoms with Crippen LogP contribution in [-0.4, -0.2) is 9.97 Å². The Morgan fingerprint density at radius 1 is 0.950 bits per heavy atom. The van der Waals surface area contributed by atoms with E-state index in [0.717, 1.165) is 27.7 Å². The summed E-state index contributed by atoms with van der Waals surface area (Å²) in [6.45, 7) is 0. The average molecular weight is 261 g/mol. The molecular formula is C16H11N3O. The summed E-state index contributed by atoms with van der Waals surface area (Å²) < 4.78 is 5.59. The van der Waals surface area contributed by atoms with Gasteiger partial charge in [0.15, 0.2) is 5.65 Å². The van der Waals surface area contributed by atoms with Crippen molar-refractivity contribution in [3.8, 4) is 0 Å². The molecule has 4 heteroatoms. The fraction of sp³-hybridized carbons (Fsp3) is 0. The monoisotopic (exact) mass is 261 g/mol. The molecule has 1 aromatic carbocycles. The molecule has 3 heterocycles. The highest BCUT2D eigenvalue weighted by atomic mass is 16.3. The molecule has 0 fully saturated rings. The molecule has 0 radical (unpaired) electrons. The molecule has 0 atom stereocenters. The number of para-hydroxylation sites is 1. The van der Waals surface area contributed by atoms with Crippen molar-refractivity contribution in [3.05, 3.63) is 61.1 Å². The molecular weight excluding hydrogens is 250 g/mol. The lowest BCUT2D eigenvalue weighted by Crippen LogP contribution is -1.93. The van der Waals surface area contributed by atoms with Crippen LogP contribution in [0.4, 0.5) is 11.4 Å². The Morgan fingerprint density at radius 2 is 1.85 bits per heavy atom. The van der Waals surface area contributed by atoms with Crippen LogP contribution in [0.5, 0.6) is 0 Å². The summed E-state index contributed by atoms with van der Waals surface area (Å²) in [5.41, 5.74) is 3.44. The lowest BCUT2D eigenvalue weighted by molar-refractivity contribution is 0.619. The normalized spacial score (nSPS) is 11.0. The van der Waals surface area contributed by atoms with Crippen LogP contribution < -0.4 is 5.32 Å². The molecule has 0 saturated carbocycles. The van der Waals surface area contributed by atoms with Crippen molar-refractivity contribution in [1.29, 1.82) is 0 Å². The molecule has 0 aliphatic carbocycles. The number of hydrogen-bond donors (Lipinski definition) is 1. The van der Waals surface area contributed by atoms with Gasteiger partial charge in [0.25, 0.3) is 0 Å². The van der Waals surface area contributed by atoms with Crippen molar-refractivity contribution in [1.82, 2.24) is 9.97 Å². The van der Waals surface area contributed by atoms with Crippen LogP contribution in [0.25, 0.3) is 22.0 Å². The van der Waals surface area contributed by atoms with E-state index in [-0.39, 0.29) is 0 Å². The Morgan fingerprint density at radius 3 is 2.75 bits per heavy atom. The lowest BCUT2D eigenvalue weighted by atomic mass is 10.2. The summed E-state index contributed by atoms with van der Waals surface area (Å²) in [6.07, 6.45) is 5.20. The van der Waals surface area contributed by atoms with Gasteiger partial charge in [0.05, 0.1) is 17.3 Å². The number of nitrogens with zero attached hydrogens (tertiary/aromatic N) is 2. The van der Waals surface area contributed by atoms with Crippen molar-refractivity contribution in [2.75, 3.05) is 5.32 Å². The van der Waals surface area contributed by atoms with E-state index in [4.69, 9.17) is 4.42 Å². The first-order chi connectivity index (χ1) is 9.92. The standard InChI is InChI=1S/C16H11N3O/c1-2-4-12(5-3-1)19-13-6-8-17-16-14(13)15-11(10-18-16)7-9-20-15/h1-10H,(H,17,18,19). The van der Waals surface area contributed by atoms with Crippen molar-refractivity contribution in [2.45, 2.75) is 0 Å². The van der Waals surface area contributed by atoms with Crippen LogP contribution in [0.2, 0.25) is 0 Å². The summed E-state index contributed by atoms with van der Waals surface area (Å²) >= 11 is 0. The molecule has 0 amide bonds. The van der Waals surface area contributed by atoms with E-state index < -0.39 is 0 Å². The van der Waals surface area contributed by atoms with Gasteiger partial charge in [0, 0.05) is 23.5 Å². The predicted molar refractivity (Wildman–Crippen MR) is 79.0 cm³/mol. The third-order valence-corrected chi connectivity index (χ3v) is 3.23. The molecule has 0 spiro atoms. The molecule has 1 N–H and O–H groups in total. The maximum atomic E-state index is 5.59. The summed E-state index contributed by atoms with van der Waals surface area (Å²) in [4.78, 5) is 8.67. The second-order valence-corrected chi connectivity index (χ2v) is 4.51. The minimum atomic E-state index is 0.674. The van der Waals surface area contributed by atoms with Gasteiger partial charge < -0.3 is 9.73 Å². The van der Waals surface area contributed by atoms with Gasteiger partial charge in [-0.25, -0.2) is 9.97 Å². The van der Waals surface area contributed by atoms with E-state index in [1.54, 1.807) is 18.7 Å². The quantitative estimate of drug-likeness (QED) is 0.589. The molecule has 0 saturated heterocycles. The molecule has 0 unspecified atom stereocenters. The van der Waals surface area contributed by atoms with Crippen molar-refractivity contribution in [2.24, 2.45) is 0 Å². The van der Waals surface area contributed by atoms with Gasteiger partial charge >= 0.3 is 0 Å². The molecule has 0 bridgehead atoms. The topological polar surface area (TPSA) is 51.0 Å². The van der Waals surface area contributed by atoms with E-state index in [9.17, 15) is 0 Å². The second kappa shape index (κ2) is 4.35. The maximum absolute atomic E-state index is 5.59. The zero-order valence-electron chi connectivity index (χ0n) is 10.6. The number of furan rings is 1. The zero-order valence-corrected chi connectivity index (χ0v) is 10.6. The zero-order chi connectivity index (χ0) is 13.4. The lowest BCUT2D eigenvalue weighted by Gasteiger charge is -2.09. The number of pyridine rings is 2.